The molecule has 3 rings (SSSR count). The van der Waals surface area contributed by atoms with E-state index >= 15 is 0 Å². The summed E-state index contributed by atoms with van der Waals surface area (Å²) in [6.07, 6.45) is 4.50. The van der Waals surface area contributed by atoms with E-state index in [1.54, 1.807) is 6.33 Å². The first-order valence-corrected chi connectivity index (χ1v) is 8.31. The van der Waals surface area contributed by atoms with Crippen LogP contribution in [0.3, 0.4) is 0 Å². The van der Waals surface area contributed by atoms with Gasteiger partial charge in [0.15, 0.2) is 0 Å². The van der Waals surface area contributed by atoms with Crippen LogP contribution in [0.15, 0.2) is 6.33 Å². The molecule has 1 N–H and O–H groups in total. The van der Waals surface area contributed by atoms with Gasteiger partial charge in [-0.05, 0) is 38.5 Å². The molecule has 5 nitrogen and oxygen atoms in total. The third-order valence-electron chi connectivity index (χ3n) is 4.83. The maximum absolute atomic E-state index is 4.50. The molecule has 2 heterocycles. The van der Waals surface area contributed by atoms with Gasteiger partial charge >= 0.3 is 0 Å². The van der Waals surface area contributed by atoms with Gasteiger partial charge in [0.05, 0.1) is 6.54 Å². The first kappa shape index (κ1) is 15.0. The topological polar surface area (TPSA) is 46.0 Å². The van der Waals surface area contributed by atoms with Crippen LogP contribution in [-0.2, 0) is 13.1 Å². The predicted octanol–water partition coefficient (Wildman–Crippen LogP) is 1.90. The number of hydrogen-bond donors (Lipinski definition) is 1. The molecule has 2 aliphatic rings. The van der Waals surface area contributed by atoms with E-state index in [1.165, 1.54) is 12.8 Å². The highest BCUT2D eigenvalue weighted by Crippen LogP contribution is 2.35. The lowest BCUT2D eigenvalue weighted by molar-refractivity contribution is 0.0495. The first-order chi connectivity index (χ1) is 9.95. The van der Waals surface area contributed by atoms with Crippen molar-refractivity contribution in [1.29, 1.82) is 0 Å². The van der Waals surface area contributed by atoms with E-state index in [4.69, 9.17) is 0 Å². The molecule has 118 valence electrons. The number of hydrogen-bond acceptors (Lipinski definition) is 4. The lowest BCUT2D eigenvalue weighted by Gasteiger charge is -2.46. The minimum absolute atomic E-state index is 0.181. The summed E-state index contributed by atoms with van der Waals surface area (Å²) in [4.78, 5) is 7.09. The van der Waals surface area contributed by atoms with Gasteiger partial charge in [0.1, 0.15) is 12.2 Å². The summed E-state index contributed by atoms with van der Waals surface area (Å²) in [5.74, 6) is 2.60. The summed E-state index contributed by atoms with van der Waals surface area (Å²) in [6, 6.07) is 0.666. The van der Waals surface area contributed by atoms with E-state index in [0.29, 0.717) is 12.0 Å². The van der Waals surface area contributed by atoms with Crippen molar-refractivity contribution in [3.63, 3.8) is 0 Å². The van der Waals surface area contributed by atoms with Crippen LogP contribution in [0.1, 0.15) is 46.4 Å². The van der Waals surface area contributed by atoms with E-state index < -0.39 is 0 Å². The molecule has 0 bridgehead atoms. The summed E-state index contributed by atoms with van der Waals surface area (Å²) in [6.45, 7) is 13.2. The van der Waals surface area contributed by atoms with Gasteiger partial charge in [0.25, 0.3) is 0 Å². The van der Waals surface area contributed by atoms with Crippen LogP contribution in [0.4, 0.5) is 0 Å². The molecule has 1 saturated carbocycles. The molecule has 1 aliphatic heterocycles. The number of piperazine rings is 1. The maximum atomic E-state index is 4.50. The molecule has 1 saturated heterocycles. The van der Waals surface area contributed by atoms with Crippen LogP contribution in [0, 0.1) is 11.8 Å². The quantitative estimate of drug-likeness (QED) is 0.900. The van der Waals surface area contributed by atoms with Gasteiger partial charge in [-0.3, -0.25) is 4.90 Å². The fourth-order valence-electron chi connectivity index (χ4n) is 3.21. The lowest BCUT2D eigenvalue weighted by Crippen LogP contribution is -2.62. The number of nitrogens with zero attached hydrogens (tertiary/aromatic N) is 4. The molecule has 0 aromatic carbocycles. The van der Waals surface area contributed by atoms with Crippen molar-refractivity contribution in [1.82, 2.24) is 25.0 Å². The molecule has 21 heavy (non-hydrogen) atoms. The van der Waals surface area contributed by atoms with Gasteiger partial charge in [0, 0.05) is 31.2 Å². The molecular weight excluding hydrogens is 262 g/mol. The monoisotopic (exact) mass is 291 g/mol. The van der Waals surface area contributed by atoms with Crippen molar-refractivity contribution in [2.24, 2.45) is 11.8 Å². The summed E-state index contributed by atoms with van der Waals surface area (Å²) < 4.78 is 2.08. The number of aromatic nitrogens is 3. The van der Waals surface area contributed by atoms with E-state index in [9.17, 15) is 0 Å². The van der Waals surface area contributed by atoms with Crippen molar-refractivity contribution in [3.8, 4) is 0 Å². The fraction of sp³-hybridized carbons (Fsp3) is 0.875. The van der Waals surface area contributed by atoms with Crippen LogP contribution in [0.2, 0.25) is 0 Å². The normalized spacial score (nSPS) is 26.4. The van der Waals surface area contributed by atoms with E-state index in [-0.39, 0.29) is 5.54 Å². The Morgan fingerprint density at radius 1 is 1.38 bits per heavy atom. The lowest BCUT2D eigenvalue weighted by atomic mass is 9.95. The Labute approximate surface area is 128 Å². The smallest absolute Gasteiger partial charge is 0.141 e. The highest BCUT2D eigenvalue weighted by molar-refractivity contribution is 5.00. The molecule has 5 heteroatoms. The van der Waals surface area contributed by atoms with Gasteiger partial charge in [-0.2, -0.15) is 5.10 Å². The fourth-order valence-corrected chi connectivity index (χ4v) is 3.21. The SMILES string of the molecule is CC(C)Cn1ncnc1CN1CC(C2CC2)NCC1(C)C. The van der Waals surface area contributed by atoms with Gasteiger partial charge in [-0.25, -0.2) is 9.67 Å². The van der Waals surface area contributed by atoms with Crippen molar-refractivity contribution < 1.29 is 0 Å². The molecule has 1 unspecified atom stereocenters. The van der Waals surface area contributed by atoms with Crippen LogP contribution >= 0.6 is 0 Å². The van der Waals surface area contributed by atoms with Gasteiger partial charge in [-0.1, -0.05) is 13.8 Å². The Balaban J connectivity index is 1.70. The zero-order chi connectivity index (χ0) is 15.0. The second-order valence-corrected chi connectivity index (χ2v) is 7.77. The zero-order valence-electron chi connectivity index (χ0n) is 13.8. The summed E-state index contributed by atoms with van der Waals surface area (Å²) in [5.41, 5.74) is 0.181. The van der Waals surface area contributed by atoms with Crippen molar-refractivity contribution in [3.05, 3.63) is 12.2 Å². The van der Waals surface area contributed by atoms with Gasteiger partial charge in [0.2, 0.25) is 0 Å². The van der Waals surface area contributed by atoms with Crippen LogP contribution in [-0.4, -0.2) is 44.3 Å². The number of rotatable bonds is 5. The summed E-state index contributed by atoms with van der Waals surface area (Å²) in [7, 11) is 0. The molecule has 0 spiro atoms. The standard InChI is InChI=1S/C16H29N5/c1-12(2)7-21-15(18-11-19-21)9-20-8-14(13-5-6-13)17-10-16(20,3)4/h11-14,17H,5-10H2,1-4H3. The molecule has 0 radical (unpaired) electrons. The van der Waals surface area contributed by atoms with Crippen LogP contribution < -0.4 is 5.32 Å². The third kappa shape index (κ3) is 3.46. The largest absolute Gasteiger partial charge is 0.311 e. The Morgan fingerprint density at radius 2 is 2.14 bits per heavy atom. The van der Waals surface area contributed by atoms with E-state index in [0.717, 1.165) is 37.9 Å². The molecular formula is C16H29N5. The Kier molecular flexibility index (Phi) is 4.06. The van der Waals surface area contributed by atoms with Crippen LogP contribution in [0.5, 0.6) is 0 Å². The third-order valence-corrected chi connectivity index (χ3v) is 4.83. The van der Waals surface area contributed by atoms with E-state index in [1.807, 2.05) is 0 Å². The second kappa shape index (κ2) is 5.69. The van der Waals surface area contributed by atoms with Crippen molar-refractivity contribution >= 4 is 0 Å². The van der Waals surface area contributed by atoms with Gasteiger partial charge in [-0.15, -0.1) is 0 Å². The molecule has 1 atom stereocenters. The van der Waals surface area contributed by atoms with E-state index in [2.05, 4.69) is 52.7 Å². The molecule has 1 aromatic heterocycles. The average Bonchev–Trinajstić information content (AvgIpc) is 3.15. The maximum Gasteiger partial charge on any atom is 0.141 e. The first-order valence-electron chi connectivity index (χ1n) is 8.31. The Hall–Kier alpha value is -0.940. The van der Waals surface area contributed by atoms with Crippen molar-refractivity contribution in [2.45, 2.75) is 65.2 Å². The number of nitrogens with one attached hydrogen (secondary N) is 1. The highest BCUT2D eigenvalue weighted by atomic mass is 15.4. The zero-order valence-corrected chi connectivity index (χ0v) is 13.8. The van der Waals surface area contributed by atoms with Gasteiger partial charge < -0.3 is 5.32 Å². The summed E-state index contributed by atoms with van der Waals surface area (Å²) in [5, 5.41) is 8.14. The average molecular weight is 291 g/mol. The molecule has 0 amide bonds. The molecule has 1 aromatic rings. The minimum Gasteiger partial charge on any atom is -0.311 e. The molecule has 1 aliphatic carbocycles. The van der Waals surface area contributed by atoms with Crippen LogP contribution in [0.25, 0.3) is 0 Å². The Bertz CT molecular complexity index is 475. The Morgan fingerprint density at radius 3 is 2.81 bits per heavy atom. The molecule has 2 fully saturated rings. The minimum atomic E-state index is 0.181. The second-order valence-electron chi connectivity index (χ2n) is 7.77. The van der Waals surface area contributed by atoms with Crippen molar-refractivity contribution in [2.75, 3.05) is 13.1 Å². The summed E-state index contributed by atoms with van der Waals surface area (Å²) >= 11 is 0. The predicted molar refractivity (Wildman–Crippen MR) is 83.9 cm³/mol. The highest BCUT2D eigenvalue weighted by Gasteiger charge is 2.40.